The maximum absolute atomic E-state index is 12.1. The van der Waals surface area contributed by atoms with Gasteiger partial charge in [0.05, 0.1) is 32.3 Å². The lowest BCUT2D eigenvalue weighted by Gasteiger charge is -2.11. The van der Waals surface area contributed by atoms with Crippen LogP contribution in [0.15, 0.2) is 16.9 Å². The quantitative estimate of drug-likeness (QED) is 0.860. The number of hydrogen-bond acceptors (Lipinski definition) is 5. The standard InChI is InChI=1S/C13H14BrN3O3/c1-19-10-3-8-9(4-11(10)20-2)16-13(18)17-6-7(5-14)15-12(8)17/h3-4,7,15H,5-6H2,1-2H3. The Bertz CT molecular complexity index is 729. The molecule has 20 heavy (non-hydrogen) atoms. The second-order valence-electron chi connectivity index (χ2n) is 4.57. The van der Waals surface area contributed by atoms with E-state index in [4.69, 9.17) is 9.47 Å². The van der Waals surface area contributed by atoms with E-state index in [0.29, 0.717) is 23.6 Å². The molecule has 6 nitrogen and oxygen atoms in total. The first-order chi connectivity index (χ1) is 9.67. The van der Waals surface area contributed by atoms with E-state index >= 15 is 0 Å². The summed E-state index contributed by atoms with van der Waals surface area (Å²) in [5, 5.41) is 4.96. The summed E-state index contributed by atoms with van der Waals surface area (Å²) in [6, 6.07) is 3.75. The first-order valence-corrected chi connectivity index (χ1v) is 7.29. The van der Waals surface area contributed by atoms with Crippen LogP contribution >= 0.6 is 15.9 Å². The second-order valence-corrected chi connectivity index (χ2v) is 5.22. The zero-order valence-electron chi connectivity index (χ0n) is 11.1. The maximum atomic E-state index is 12.1. The van der Waals surface area contributed by atoms with E-state index in [-0.39, 0.29) is 11.7 Å². The van der Waals surface area contributed by atoms with E-state index in [2.05, 4.69) is 26.2 Å². The SMILES string of the molecule is COc1cc2nc(=O)n3c(c2cc1OC)NC(CBr)C3. The van der Waals surface area contributed by atoms with Gasteiger partial charge in [0.2, 0.25) is 0 Å². The predicted octanol–water partition coefficient (Wildman–Crippen LogP) is 1.60. The Hall–Kier alpha value is -1.76. The number of benzene rings is 1. The third-order valence-electron chi connectivity index (χ3n) is 3.40. The molecule has 7 heteroatoms. The minimum atomic E-state index is -0.254. The van der Waals surface area contributed by atoms with Gasteiger partial charge in [-0.25, -0.2) is 4.79 Å². The van der Waals surface area contributed by atoms with Gasteiger partial charge in [-0.1, -0.05) is 15.9 Å². The fourth-order valence-corrected chi connectivity index (χ4v) is 2.79. The van der Waals surface area contributed by atoms with Crippen LogP contribution < -0.4 is 20.5 Å². The summed E-state index contributed by atoms with van der Waals surface area (Å²) in [5.41, 5.74) is 0.345. The minimum Gasteiger partial charge on any atom is -0.493 e. The summed E-state index contributed by atoms with van der Waals surface area (Å²) in [7, 11) is 3.14. The molecule has 1 N–H and O–H groups in total. The fraction of sp³-hybridized carbons (Fsp3) is 0.385. The van der Waals surface area contributed by atoms with Crippen LogP contribution in [-0.2, 0) is 6.54 Å². The van der Waals surface area contributed by atoms with Gasteiger partial charge in [-0.3, -0.25) is 4.57 Å². The molecule has 106 valence electrons. The first-order valence-electron chi connectivity index (χ1n) is 6.17. The number of nitrogens with zero attached hydrogens (tertiary/aromatic N) is 2. The normalized spacial score (nSPS) is 16.9. The van der Waals surface area contributed by atoms with E-state index in [9.17, 15) is 4.79 Å². The number of ether oxygens (including phenoxy) is 2. The third kappa shape index (κ3) is 1.93. The van der Waals surface area contributed by atoms with E-state index in [1.807, 2.05) is 6.07 Å². The Labute approximate surface area is 123 Å². The van der Waals surface area contributed by atoms with Crippen LogP contribution in [0.3, 0.4) is 0 Å². The van der Waals surface area contributed by atoms with Gasteiger partial charge >= 0.3 is 5.69 Å². The van der Waals surface area contributed by atoms with Crippen LogP contribution in [0.5, 0.6) is 11.5 Å². The molecule has 2 aromatic rings. The number of rotatable bonds is 3. The molecule has 0 radical (unpaired) electrons. The van der Waals surface area contributed by atoms with Gasteiger partial charge in [-0.2, -0.15) is 4.98 Å². The molecule has 0 aliphatic carbocycles. The summed E-state index contributed by atoms with van der Waals surface area (Å²) >= 11 is 3.43. The number of methoxy groups -OCH3 is 2. The summed E-state index contributed by atoms with van der Waals surface area (Å²) in [5.74, 6) is 1.96. The average Bonchev–Trinajstić information content (AvgIpc) is 2.91. The molecule has 0 spiro atoms. The van der Waals surface area contributed by atoms with Gasteiger partial charge in [0.1, 0.15) is 5.82 Å². The molecule has 0 amide bonds. The summed E-state index contributed by atoms with van der Waals surface area (Å²) in [4.78, 5) is 16.2. The van der Waals surface area contributed by atoms with Crippen LogP contribution in [0.4, 0.5) is 5.82 Å². The van der Waals surface area contributed by atoms with Crippen molar-refractivity contribution in [3.8, 4) is 11.5 Å². The molecule has 2 heterocycles. The van der Waals surface area contributed by atoms with Gasteiger partial charge in [0.25, 0.3) is 0 Å². The highest BCUT2D eigenvalue weighted by atomic mass is 79.9. The van der Waals surface area contributed by atoms with Crippen molar-refractivity contribution in [3.63, 3.8) is 0 Å². The molecular weight excluding hydrogens is 326 g/mol. The minimum absolute atomic E-state index is 0.184. The lowest BCUT2D eigenvalue weighted by molar-refractivity contribution is 0.355. The van der Waals surface area contributed by atoms with E-state index < -0.39 is 0 Å². The Morgan fingerprint density at radius 3 is 2.75 bits per heavy atom. The Morgan fingerprint density at radius 2 is 2.10 bits per heavy atom. The zero-order chi connectivity index (χ0) is 14.3. The van der Waals surface area contributed by atoms with E-state index in [0.717, 1.165) is 16.5 Å². The molecule has 1 unspecified atom stereocenters. The zero-order valence-corrected chi connectivity index (χ0v) is 12.7. The molecule has 0 fully saturated rings. The van der Waals surface area contributed by atoms with Gasteiger partial charge in [-0.15, -0.1) is 0 Å². The average molecular weight is 340 g/mol. The molecule has 0 bridgehead atoms. The first kappa shape index (κ1) is 13.2. The van der Waals surface area contributed by atoms with Crippen LogP contribution in [0.2, 0.25) is 0 Å². The molecule has 1 aliphatic rings. The van der Waals surface area contributed by atoms with E-state index in [1.165, 1.54) is 0 Å². The molecule has 0 saturated heterocycles. The highest BCUT2D eigenvalue weighted by molar-refractivity contribution is 9.09. The number of anilines is 1. The molecule has 3 rings (SSSR count). The highest BCUT2D eigenvalue weighted by Gasteiger charge is 2.24. The number of fused-ring (bicyclic) bond motifs is 3. The van der Waals surface area contributed by atoms with Gasteiger partial charge in [-0.05, 0) is 6.07 Å². The van der Waals surface area contributed by atoms with Gasteiger partial charge < -0.3 is 14.8 Å². The van der Waals surface area contributed by atoms with Crippen LogP contribution in [0.25, 0.3) is 10.9 Å². The van der Waals surface area contributed by atoms with Crippen molar-refractivity contribution in [2.75, 3.05) is 24.9 Å². The predicted molar refractivity (Wildman–Crippen MR) is 80.3 cm³/mol. The number of aromatic nitrogens is 2. The molecule has 1 aliphatic heterocycles. The monoisotopic (exact) mass is 339 g/mol. The fourth-order valence-electron chi connectivity index (χ4n) is 2.43. The van der Waals surface area contributed by atoms with Crippen molar-refractivity contribution >= 4 is 32.7 Å². The lowest BCUT2D eigenvalue weighted by Crippen LogP contribution is -2.23. The van der Waals surface area contributed by atoms with Crippen molar-refractivity contribution in [3.05, 3.63) is 22.6 Å². The van der Waals surface area contributed by atoms with Crippen LogP contribution in [-0.4, -0.2) is 35.1 Å². The van der Waals surface area contributed by atoms with E-state index in [1.54, 1.807) is 24.9 Å². The largest absolute Gasteiger partial charge is 0.493 e. The second kappa shape index (κ2) is 4.97. The van der Waals surface area contributed by atoms with Gasteiger partial charge in [0.15, 0.2) is 11.5 Å². The molecule has 1 aromatic heterocycles. The van der Waals surface area contributed by atoms with Gasteiger partial charge in [0, 0.05) is 16.8 Å². The smallest absolute Gasteiger partial charge is 0.349 e. The summed E-state index contributed by atoms with van der Waals surface area (Å²) in [6.07, 6.45) is 0. The number of hydrogen-bond donors (Lipinski definition) is 1. The Balaban J connectivity index is 2.28. The highest BCUT2D eigenvalue weighted by Crippen LogP contribution is 2.35. The van der Waals surface area contributed by atoms with Crippen molar-refractivity contribution in [2.45, 2.75) is 12.6 Å². The Kier molecular flexibility index (Phi) is 3.29. The van der Waals surface area contributed by atoms with Crippen LogP contribution in [0, 0.1) is 0 Å². The van der Waals surface area contributed by atoms with Crippen LogP contribution in [0.1, 0.15) is 0 Å². The molecular formula is C13H14BrN3O3. The van der Waals surface area contributed by atoms with Crippen molar-refractivity contribution in [2.24, 2.45) is 0 Å². The molecule has 1 aromatic carbocycles. The Morgan fingerprint density at radius 1 is 1.40 bits per heavy atom. The molecule has 1 atom stereocenters. The number of nitrogens with one attached hydrogen (secondary N) is 1. The maximum Gasteiger partial charge on any atom is 0.349 e. The van der Waals surface area contributed by atoms with Crippen molar-refractivity contribution < 1.29 is 9.47 Å². The van der Waals surface area contributed by atoms with Crippen molar-refractivity contribution in [1.29, 1.82) is 0 Å². The number of alkyl halides is 1. The summed E-state index contributed by atoms with van der Waals surface area (Å²) in [6.45, 7) is 0.608. The summed E-state index contributed by atoms with van der Waals surface area (Å²) < 4.78 is 12.2. The van der Waals surface area contributed by atoms with Crippen molar-refractivity contribution in [1.82, 2.24) is 9.55 Å². The molecule has 0 saturated carbocycles. The lowest BCUT2D eigenvalue weighted by atomic mass is 10.2. The number of halogens is 1. The topological polar surface area (TPSA) is 65.4 Å². The third-order valence-corrected chi connectivity index (χ3v) is 4.19.